The minimum absolute atomic E-state index is 0.659. The molecule has 1 aromatic carbocycles. The summed E-state index contributed by atoms with van der Waals surface area (Å²) in [4.78, 5) is 0. The van der Waals surface area contributed by atoms with Gasteiger partial charge in [-0.3, -0.25) is 0 Å². The highest BCUT2D eigenvalue weighted by atomic mass is 16.5. The second-order valence-electron chi connectivity index (χ2n) is 4.63. The van der Waals surface area contributed by atoms with E-state index in [2.05, 4.69) is 13.8 Å². The Morgan fingerprint density at radius 3 is 1.94 bits per heavy atom. The lowest BCUT2D eigenvalue weighted by atomic mass is 9.96. The Balaban J connectivity index is 2.99. The molecule has 3 nitrogen and oxygen atoms in total. The first-order valence-corrected chi connectivity index (χ1v) is 6.45. The van der Waals surface area contributed by atoms with E-state index >= 15 is 0 Å². The van der Waals surface area contributed by atoms with Crippen LogP contribution in [-0.4, -0.2) is 21.3 Å². The molecule has 0 saturated heterocycles. The van der Waals surface area contributed by atoms with E-state index in [4.69, 9.17) is 14.2 Å². The molecule has 0 heterocycles. The van der Waals surface area contributed by atoms with Crippen LogP contribution in [0.5, 0.6) is 17.2 Å². The Morgan fingerprint density at radius 2 is 1.56 bits per heavy atom. The molecule has 18 heavy (non-hydrogen) atoms. The van der Waals surface area contributed by atoms with Crippen molar-refractivity contribution in [3.05, 3.63) is 17.7 Å². The van der Waals surface area contributed by atoms with Crippen molar-refractivity contribution in [3.8, 4) is 17.2 Å². The maximum Gasteiger partial charge on any atom is 0.203 e. The van der Waals surface area contributed by atoms with Gasteiger partial charge in [0.15, 0.2) is 11.5 Å². The standard InChI is InChI=1S/C15H24O3/c1-6-7-11(2)8-12-9-13(16-3)15(18-5)14(10-12)17-4/h9-11H,6-8H2,1-5H3. The van der Waals surface area contributed by atoms with Crippen LogP contribution in [0, 0.1) is 5.92 Å². The summed E-state index contributed by atoms with van der Waals surface area (Å²) < 4.78 is 16.0. The minimum atomic E-state index is 0.659. The number of ether oxygens (including phenoxy) is 3. The largest absolute Gasteiger partial charge is 0.493 e. The molecule has 0 saturated carbocycles. The van der Waals surface area contributed by atoms with Crippen LogP contribution in [0.1, 0.15) is 32.3 Å². The third-order valence-electron chi connectivity index (χ3n) is 3.09. The van der Waals surface area contributed by atoms with E-state index in [-0.39, 0.29) is 0 Å². The van der Waals surface area contributed by atoms with Gasteiger partial charge in [0.2, 0.25) is 5.75 Å². The molecule has 0 N–H and O–H groups in total. The summed E-state index contributed by atoms with van der Waals surface area (Å²) in [5, 5.41) is 0. The van der Waals surface area contributed by atoms with Crippen LogP contribution in [0.3, 0.4) is 0 Å². The lowest BCUT2D eigenvalue weighted by molar-refractivity contribution is 0.323. The van der Waals surface area contributed by atoms with E-state index < -0.39 is 0 Å². The Hall–Kier alpha value is -1.38. The maximum atomic E-state index is 5.36. The molecule has 1 rings (SSSR count). The molecule has 0 bridgehead atoms. The molecule has 0 fully saturated rings. The quantitative estimate of drug-likeness (QED) is 0.740. The van der Waals surface area contributed by atoms with Gasteiger partial charge in [0.1, 0.15) is 0 Å². The van der Waals surface area contributed by atoms with Gasteiger partial charge in [-0.05, 0) is 30.0 Å². The van der Waals surface area contributed by atoms with Gasteiger partial charge < -0.3 is 14.2 Å². The number of hydrogen-bond acceptors (Lipinski definition) is 3. The van der Waals surface area contributed by atoms with Crippen LogP contribution in [0.2, 0.25) is 0 Å². The van der Waals surface area contributed by atoms with Gasteiger partial charge in [-0.25, -0.2) is 0 Å². The number of rotatable bonds is 7. The first-order valence-electron chi connectivity index (χ1n) is 6.45. The minimum Gasteiger partial charge on any atom is -0.493 e. The van der Waals surface area contributed by atoms with Crippen LogP contribution in [0.15, 0.2) is 12.1 Å². The van der Waals surface area contributed by atoms with Crippen molar-refractivity contribution < 1.29 is 14.2 Å². The van der Waals surface area contributed by atoms with Crippen molar-refractivity contribution in [2.45, 2.75) is 33.1 Å². The summed E-state index contributed by atoms with van der Waals surface area (Å²) >= 11 is 0. The average molecular weight is 252 g/mol. The zero-order chi connectivity index (χ0) is 13.5. The van der Waals surface area contributed by atoms with E-state index in [0.717, 1.165) is 17.9 Å². The molecule has 1 unspecified atom stereocenters. The van der Waals surface area contributed by atoms with E-state index in [1.54, 1.807) is 21.3 Å². The van der Waals surface area contributed by atoms with Crippen molar-refractivity contribution in [2.24, 2.45) is 5.92 Å². The lowest BCUT2D eigenvalue weighted by Crippen LogP contribution is -2.02. The van der Waals surface area contributed by atoms with Gasteiger partial charge in [-0.2, -0.15) is 0 Å². The highest BCUT2D eigenvalue weighted by molar-refractivity contribution is 5.53. The Morgan fingerprint density at radius 1 is 1.00 bits per heavy atom. The summed E-state index contributed by atoms with van der Waals surface area (Å²) in [7, 11) is 4.92. The topological polar surface area (TPSA) is 27.7 Å². The zero-order valence-corrected chi connectivity index (χ0v) is 12.1. The van der Waals surface area contributed by atoms with Gasteiger partial charge in [0.25, 0.3) is 0 Å². The van der Waals surface area contributed by atoms with Gasteiger partial charge in [-0.1, -0.05) is 26.7 Å². The van der Waals surface area contributed by atoms with E-state index in [1.165, 1.54) is 18.4 Å². The van der Waals surface area contributed by atoms with E-state index in [1.807, 2.05) is 12.1 Å². The summed E-state index contributed by atoms with van der Waals surface area (Å²) in [6.07, 6.45) is 3.48. The highest BCUT2D eigenvalue weighted by Crippen LogP contribution is 2.38. The second-order valence-corrected chi connectivity index (χ2v) is 4.63. The molecule has 0 amide bonds. The molecular weight excluding hydrogens is 228 g/mol. The fraction of sp³-hybridized carbons (Fsp3) is 0.600. The maximum absolute atomic E-state index is 5.36. The molecule has 0 aliphatic heterocycles. The van der Waals surface area contributed by atoms with Gasteiger partial charge in [-0.15, -0.1) is 0 Å². The molecular formula is C15H24O3. The normalized spacial score (nSPS) is 12.1. The number of benzene rings is 1. The fourth-order valence-corrected chi connectivity index (χ4v) is 2.25. The number of hydrogen-bond donors (Lipinski definition) is 0. The zero-order valence-electron chi connectivity index (χ0n) is 12.1. The summed E-state index contributed by atoms with van der Waals surface area (Å²) in [6.45, 7) is 4.48. The van der Waals surface area contributed by atoms with Crippen LogP contribution < -0.4 is 14.2 Å². The molecule has 1 atom stereocenters. The van der Waals surface area contributed by atoms with Crippen molar-refractivity contribution in [3.63, 3.8) is 0 Å². The second kappa shape index (κ2) is 7.14. The highest BCUT2D eigenvalue weighted by Gasteiger charge is 2.14. The first-order chi connectivity index (χ1) is 8.65. The van der Waals surface area contributed by atoms with Gasteiger partial charge in [0, 0.05) is 0 Å². The SMILES string of the molecule is CCCC(C)Cc1cc(OC)c(OC)c(OC)c1. The van der Waals surface area contributed by atoms with E-state index in [0.29, 0.717) is 11.7 Å². The van der Waals surface area contributed by atoms with E-state index in [9.17, 15) is 0 Å². The van der Waals surface area contributed by atoms with Crippen LogP contribution in [-0.2, 0) is 6.42 Å². The summed E-state index contributed by atoms with van der Waals surface area (Å²) in [6, 6.07) is 4.07. The Bertz CT molecular complexity index is 349. The summed E-state index contributed by atoms with van der Waals surface area (Å²) in [5.41, 5.74) is 1.23. The van der Waals surface area contributed by atoms with Gasteiger partial charge in [0.05, 0.1) is 21.3 Å². The third-order valence-corrected chi connectivity index (χ3v) is 3.09. The predicted octanol–water partition coefficient (Wildman–Crippen LogP) is 3.69. The smallest absolute Gasteiger partial charge is 0.203 e. The van der Waals surface area contributed by atoms with Crippen molar-refractivity contribution in [2.75, 3.05) is 21.3 Å². The lowest BCUT2D eigenvalue weighted by Gasteiger charge is -2.16. The predicted molar refractivity (Wildman–Crippen MR) is 73.9 cm³/mol. The van der Waals surface area contributed by atoms with Crippen LogP contribution >= 0.6 is 0 Å². The fourth-order valence-electron chi connectivity index (χ4n) is 2.25. The van der Waals surface area contributed by atoms with Crippen molar-refractivity contribution >= 4 is 0 Å². The number of methoxy groups -OCH3 is 3. The molecule has 1 aromatic rings. The molecule has 0 aliphatic carbocycles. The first kappa shape index (κ1) is 14.7. The molecule has 3 heteroatoms. The monoisotopic (exact) mass is 252 g/mol. The van der Waals surface area contributed by atoms with Crippen LogP contribution in [0.4, 0.5) is 0 Å². The molecule has 0 spiro atoms. The van der Waals surface area contributed by atoms with Crippen molar-refractivity contribution in [1.82, 2.24) is 0 Å². The molecule has 0 radical (unpaired) electrons. The Kier molecular flexibility index (Phi) is 5.83. The van der Waals surface area contributed by atoms with Gasteiger partial charge >= 0.3 is 0 Å². The Labute approximate surface area is 110 Å². The molecule has 0 aromatic heterocycles. The third kappa shape index (κ3) is 3.56. The van der Waals surface area contributed by atoms with Crippen molar-refractivity contribution in [1.29, 1.82) is 0 Å². The van der Waals surface area contributed by atoms with Crippen LogP contribution in [0.25, 0.3) is 0 Å². The molecule has 102 valence electrons. The molecule has 0 aliphatic rings. The average Bonchev–Trinajstić information content (AvgIpc) is 2.37. The summed E-state index contributed by atoms with van der Waals surface area (Å²) in [5.74, 6) is 2.79.